The van der Waals surface area contributed by atoms with Gasteiger partial charge in [-0.15, -0.1) is 0 Å². The van der Waals surface area contributed by atoms with Crippen molar-refractivity contribution in [1.29, 1.82) is 0 Å². The van der Waals surface area contributed by atoms with Crippen molar-refractivity contribution in [3.63, 3.8) is 0 Å². The summed E-state index contributed by atoms with van der Waals surface area (Å²) in [5.41, 5.74) is 10.4. The lowest BCUT2D eigenvalue weighted by Crippen LogP contribution is -1.98. The van der Waals surface area contributed by atoms with Crippen molar-refractivity contribution < 1.29 is 4.39 Å². The van der Waals surface area contributed by atoms with Gasteiger partial charge >= 0.3 is 0 Å². The van der Waals surface area contributed by atoms with Crippen LogP contribution in [0.3, 0.4) is 0 Å². The second-order valence-corrected chi connectivity index (χ2v) is 8.67. The molecule has 0 aromatic heterocycles. The lowest BCUT2D eigenvalue weighted by atomic mass is 9.91. The highest BCUT2D eigenvalue weighted by Crippen LogP contribution is 2.46. The lowest BCUT2D eigenvalue weighted by Gasteiger charge is -2.13. The third kappa shape index (κ3) is 5.27. The Morgan fingerprint density at radius 3 is 2.47 bits per heavy atom. The maximum absolute atomic E-state index is 13.5. The summed E-state index contributed by atoms with van der Waals surface area (Å²) in [6, 6.07) is 13.5. The first-order valence-electron chi connectivity index (χ1n) is 10.8. The molecule has 0 N–H and O–H groups in total. The van der Waals surface area contributed by atoms with E-state index in [1.165, 1.54) is 45.0 Å². The summed E-state index contributed by atoms with van der Waals surface area (Å²) in [6.45, 7) is 15.1. The predicted molar refractivity (Wildman–Crippen MR) is 128 cm³/mol. The Kier molecular flexibility index (Phi) is 6.92. The minimum absolute atomic E-state index is 0.160. The first kappa shape index (κ1) is 22.0. The third-order valence-electron chi connectivity index (χ3n) is 6.29. The average molecular weight is 401 g/mol. The van der Waals surface area contributed by atoms with Crippen molar-refractivity contribution in [2.45, 2.75) is 47.5 Å². The Morgan fingerprint density at radius 1 is 1.10 bits per heavy atom. The molecule has 0 saturated carbocycles. The van der Waals surface area contributed by atoms with Crippen LogP contribution in [0, 0.1) is 31.5 Å². The average Bonchev–Trinajstić information content (AvgIpc) is 3.31. The van der Waals surface area contributed by atoms with E-state index in [9.17, 15) is 4.39 Å². The maximum Gasteiger partial charge on any atom is 0.123 e. The molecular formula is C29H33F. The van der Waals surface area contributed by atoms with Gasteiger partial charge in [0.25, 0.3) is 0 Å². The molecule has 2 unspecified atom stereocenters. The van der Waals surface area contributed by atoms with E-state index in [2.05, 4.69) is 71.5 Å². The molecule has 0 nitrogen and oxygen atoms in total. The number of rotatable bonds is 8. The van der Waals surface area contributed by atoms with Crippen molar-refractivity contribution in [2.24, 2.45) is 11.8 Å². The van der Waals surface area contributed by atoms with Gasteiger partial charge in [0.1, 0.15) is 5.82 Å². The highest BCUT2D eigenvalue weighted by atomic mass is 19.1. The second kappa shape index (κ2) is 9.43. The standard InChI is InChI=1S/C29H33F/c1-7-25(28-16-20(3)11-13-21(28)4)18-26(29-22(5)23(29)6)15-19(2)12-14-24-9-8-10-27(30)17-24/h7-11,13,15-18,22,26H,1,12,14H2,2-6H3/b19-15+,25-18+. The van der Waals surface area contributed by atoms with Crippen molar-refractivity contribution in [1.82, 2.24) is 0 Å². The fraction of sp³-hybridized carbons (Fsp3) is 0.310. The van der Waals surface area contributed by atoms with Gasteiger partial charge in [0, 0.05) is 5.92 Å². The lowest BCUT2D eigenvalue weighted by molar-refractivity contribution is 0.625. The number of hydrogen-bond donors (Lipinski definition) is 0. The van der Waals surface area contributed by atoms with E-state index >= 15 is 0 Å². The summed E-state index contributed by atoms with van der Waals surface area (Å²) in [5.74, 6) is 0.690. The van der Waals surface area contributed by atoms with E-state index < -0.39 is 0 Å². The highest BCUT2D eigenvalue weighted by molar-refractivity contribution is 5.77. The van der Waals surface area contributed by atoms with Crippen LogP contribution in [0.1, 0.15) is 49.4 Å². The van der Waals surface area contributed by atoms with E-state index in [1.807, 2.05) is 12.1 Å². The van der Waals surface area contributed by atoms with Gasteiger partial charge in [-0.1, -0.05) is 84.3 Å². The molecule has 2 aromatic carbocycles. The van der Waals surface area contributed by atoms with Crippen molar-refractivity contribution >= 4 is 5.57 Å². The minimum Gasteiger partial charge on any atom is -0.207 e. The van der Waals surface area contributed by atoms with E-state index in [-0.39, 0.29) is 11.7 Å². The first-order chi connectivity index (χ1) is 14.3. The van der Waals surface area contributed by atoms with Gasteiger partial charge in [0.15, 0.2) is 0 Å². The van der Waals surface area contributed by atoms with Crippen LogP contribution in [0.25, 0.3) is 5.57 Å². The number of halogens is 1. The fourth-order valence-electron chi connectivity index (χ4n) is 4.22. The van der Waals surface area contributed by atoms with E-state index in [0.717, 1.165) is 18.4 Å². The molecule has 0 saturated heterocycles. The van der Waals surface area contributed by atoms with Crippen molar-refractivity contribution in [3.8, 4) is 0 Å². The molecule has 2 aromatic rings. The number of benzene rings is 2. The summed E-state index contributed by atoms with van der Waals surface area (Å²) in [4.78, 5) is 0. The fourth-order valence-corrected chi connectivity index (χ4v) is 4.22. The molecule has 0 bridgehead atoms. The molecule has 0 amide bonds. The molecular weight excluding hydrogens is 367 g/mol. The van der Waals surface area contributed by atoms with Gasteiger partial charge < -0.3 is 0 Å². The van der Waals surface area contributed by atoms with Gasteiger partial charge in [0.05, 0.1) is 0 Å². The normalized spacial score (nSPS) is 17.9. The molecule has 0 spiro atoms. The first-order valence-corrected chi connectivity index (χ1v) is 10.8. The molecule has 3 rings (SSSR count). The van der Waals surface area contributed by atoms with Gasteiger partial charge in [0.2, 0.25) is 0 Å². The van der Waals surface area contributed by atoms with Crippen LogP contribution in [-0.2, 0) is 6.42 Å². The zero-order valence-corrected chi connectivity index (χ0v) is 18.9. The maximum atomic E-state index is 13.5. The van der Waals surface area contributed by atoms with Crippen LogP contribution in [0.15, 0.2) is 84.0 Å². The third-order valence-corrected chi connectivity index (χ3v) is 6.29. The monoisotopic (exact) mass is 400 g/mol. The molecule has 0 fully saturated rings. The summed E-state index contributed by atoms with van der Waals surface area (Å²) in [6.07, 6.45) is 8.52. The quantitative estimate of drug-likeness (QED) is 0.309. The summed E-state index contributed by atoms with van der Waals surface area (Å²) in [7, 11) is 0. The molecule has 1 aliphatic carbocycles. The van der Waals surface area contributed by atoms with Crippen LogP contribution in [0.5, 0.6) is 0 Å². The molecule has 1 heteroatoms. The predicted octanol–water partition coefficient (Wildman–Crippen LogP) is 8.17. The van der Waals surface area contributed by atoms with Crippen molar-refractivity contribution in [2.75, 3.05) is 0 Å². The van der Waals surface area contributed by atoms with E-state index in [0.29, 0.717) is 5.92 Å². The Balaban J connectivity index is 1.87. The zero-order valence-electron chi connectivity index (χ0n) is 18.9. The molecule has 30 heavy (non-hydrogen) atoms. The Labute approximate surface area is 181 Å². The van der Waals surface area contributed by atoms with Crippen LogP contribution >= 0.6 is 0 Å². The smallest absolute Gasteiger partial charge is 0.123 e. The summed E-state index contributed by atoms with van der Waals surface area (Å²) >= 11 is 0. The SMILES string of the molecule is C=C/C(=C\C(/C=C(\C)CCc1cccc(F)c1)C1=C(C)C1C)c1cc(C)ccc1C. The summed E-state index contributed by atoms with van der Waals surface area (Å²) < 4.78 is 13.5. The van der Waals surface area contributed by atoms with E-state index in [1.54, 1.807) is 12.1 Å². The van der Waals surface area contributed by atoms with E-state index in [4.69, 9.17) is 0 Å². The Bertz CT molecular complexity index is 1030. The molecule has 1 aliphatic rings. The topological polar surface area (TPSA) is 0 Å². The van der Waals surface area contributed by atoms with Crippen LogP contribution in [0.2, 0.25) is 0 Å². The molecule has 0 radical (unpaired) electrons. The molecule has 156 valence electrons. The Morgan fingerprint density at radius 2 is 1.83 bits per heavy atom. The van der Waals surface area contributed by atoms with Gasteiger partial charge in [-0.3, -0.25) is 0 Å². The Hall–Kier alpha value is -2.67. The van der Waals surface area contributed by atoms with Gasteiger partial charge in [-0.25, -0.2) is 4.39 Å². The largest absolute Gasteiger partial charge is 0.207 e. The minimum atomic E-state index is -0.160. The molecule has 2 atom stereocenters. The second-order valence-electron chi connectivity index (χ2n) is 8.67. The van der Waals surface area contributed by atoms with Gasteiger partial charge in [-0.2, -0.15) is 0 Å². The molecule has 0 aliphatic heterocycles. The highest BCUT2D eigenvalue weighted by Gasteiger charge is 2.32. The summed E-state index contributed by atoms with van der Waals surface area (Å²) in [5, 5.41) is 0. The van der Waals surface area contributed by atoms with Crippen LogP contribution < -0.4 is 0 Å². The van der Waals surface area contributed by atoms with Crippen LogP contribution in [-0.4, -0.2) is 0 Å². The number of allylic oxidation sites excluding steroid dienone is 7. The number of aryl methyl sites for hydroxylation is 3. The van der Waals surface area contributed by atoms with Crippen molar-refractivity contribution in [3.05, 3.63) is 112 Å². The molecule has 0 heterocycles. The van der Waals surface area contributed by atoms with Crippen LogP contribution in [0.4, 0.5) is 4.39 Å². The van der Waals surface area contributed by atoms with Gasteiger partial charge in [-0.05, 0) is 80.9 Å². The number of hydrogen-bond acceptors (Lipinski definition) is 0. The zero-order chi connectivity index (χ0) is 21.8.